The van der Waals surface area contributed by atoms with E-state index in [1.54, 1.807) is 29.9 Å². The fourth-order valence-electron chi connectivity index (χ4n) is 2.57. The van der Waals surface area contributed by atoms with Crippen LogP contribution in [0.1, 0.15) is 23.3 Å². The predicted molar refractivity (Wildman–Crippen MR) is 78.3 cm³/mol. The molecule has 0 radical (unpaired) electrons. The summed E-state index contributed by atoms with van der Waals surface area (Å²) in [6.07, 6.45) is 1.98. The lowest BCUT2D eigenvalue weighted by atomic mass is 10.2. The number of para-hydroxylation sites is 1. The number of ether oxygens (including phenoxy) is 1. The van der Waals surface area contributed by atoms with Gasteiger partial charge in [0.05, 0.1) is 11.6 Å². The first-order chi connectivity index (χ1) is 10.2. The van der Waals surface area contributed by atoms with Crippen LogP contribution in [0.5, 0.6) is 0 Å². The lowest BCUT2D eigenvalue weighted by Gasteiger charge is -2.11. The highest BCUT2D eigenvalue weighted by Gasteiger charge is 2.20. The van der Waals surface area contributed by atoms with Gasteiger partial charge in [0.25, 0.3) is 5.91 Å². The maximum Gasteiger partial charge on any atom is 0.275 e. The summed E-state index contributed by atoms with van der Waals surface area (Å²) < 4.78 is 7.00. The number of carbonyl (C=O) groups is 1. The molecule has 0 spiro atoms. The topological polar surface area (TPSA) is 73.2 Å². The number of hydrogen-bond acceptors (Lipinski definition) is 4. The third-order valence-corrected chi connectivity index (χ3v) is 3.69. The number of rotatable bonds is 3. The molecular formula is C15H17N3O3. The number of nitrogens with one attached hydrogen (secondary N) is 1. The van der Waals surface area contributed by atoms with Crippen molar-refractivity contribution in [3.05, 3.63) is 40.2 Å². The largest absolute Gasteiger partial charge is 0.376 e. The van der Waals surface area contributed by atoms with E-state index >= 15 is 0 Å². The molecule has 1 aliphatic rings. The molecule has 2 heterocycles. The molecule has 1 fully saturated rings. The quantitative estimate of drug-likeness (QED) is 0.908. The van der Waals surface area contributed by atoms with Gasteiger partial charge < -0.3 is 10.1 Å². The molecule has 0 saturated carbocycles. The summed E-state index contributed by atoms with van der Waals surface area (Å²) in [7, 11) is 1.72. The van der Waals surface area contributed by atoms with Crippen molar-refractivity contribution >= 4 is 16.8 Å². The zero-order chi connectivity index (χ0) is 14.8. The number of aromatic nitrogens is 2. The Labute approximate surface area is 121 Å². The van der Waals surface area contributed by atoms with Gasteiger partial charge >= 0.3 is 0 Å². The van der Waals surface area contributed by atoms with Crippen LogP contribution in [0.4, 0.5) is 0 Å². The first-order valence-electron chi connectivity index (χ1n) is 7.02. The standard InChI is InChI=1S/C15H17N3O3/c1-18-12-7-3-2-6-11(12)14(19)13(17-18)15(20)16-9-10-5-4-8-21-10/h2-3,6-7,10H,4-5,8-9H2,1H3,(H,16,20). The molecule has 1 amide bonds. The Balaban J connectivity index is 1.87. The van der Waals surface area contributed by atoms with Crippen LogP contribution in [0.15, 0.2) is 29.1 Å². The Bertz CT molecular complexity index is 733. The van der Waals surface area contributed by atoms with E-state index in [2.05, 4.69) is 10.4 Å². The lowest BCUT2D eigenvalue weighted by Crippen LogP contribution is -2.36. The van der Waals surface area contributed by atoms with Gasteiger partial charge in [0.1, 0.15) is 0 Å². The fraction of sp³-hybridized carbons (Fsp3) is 0.400. The molecule has 110 valence electrons. The molecule has 0 aliphatic carbocycles. The number of benzene rings is 1. The van der Waals surface area contributed by atoms with Crippen molar-refractivity contribution in [2.24, 2.45) is 7.05 Å². The Morgan fingerprint density at radius 2 is 2.29 bits per heavy atom. The zero-order valence-corrected chi connectivity index (χ0v) is 11.8. The zero-order valence-electron chi connectivity index (χ0n) is 11.8. The Hall–Kier alpha value is -2.21. The number of nitrogens with zero attached hydrogens (tertiary/aromatic N) is 2. The van der Waals surface area contributed by atoms with E-state index in [9.17, 15) is 9.59 Å². The highest BCUT2D eigenvalue weighted by atomic mass is 16.5. The van der Waals surface area contributed by atoms with Gasteiger partial charge in [0.2, 0.25) is 5.43 Å². The van der Waals surface area contributed by atoms with Gasteiger partial charge in [0, 0.05) is 25.6 Å². The number of aryl methyl sites for hydroxylation is 1. The summed E-state index contributed by atoms with van der Waals surface area (Å²) in [6, 6.07) is 7.12. The number of fused-ring (bicyclic) bond motifs is 1. The Morgan fingerprint density at radius 1 is 1.48 bits per heavy atom. The van der Waals surface area contributed by atoms with Crippen LogP contribution in [0, 0.1) is 0 Å². The van der Waals surface area contributed by atoms with Crippen molar-refractivity contribution in [3.8, 4) is 0 Å². The minimum Gasteiger partial charge on any atom is -0.376 e. The number of hydrogen-bond donors (Lipinski definition) is 1. The molecular weight excluding hydrogens is 270 g/mol. The summed E-state index contributed by atoms with van der Waals surface area (Å²) >= 11 is 0. The summed E-state index contributed by atoms with van der Waals surface area (Å²) in [5.74, 6) is -0.447. The highest BCUT2D eigenvalue weighted by molar-refractivity contribution is 5.95. The molecule has 1 atom stereocenters. The third-order valence-electron chi connectivity index (χ3n) is 3.69. The van der Waals surface area contributed by atoms with Crippen LogP contribution in [0.25, 0.3) is 10.9 Å². The molecule has 1 unspecified atom stereocenters. The second-order valence-corrected chi connectivity index (χ2v) is 5.16. The smallest absolute Gasteiger partial charge is 0.275 e. The minimum atomic E-state index is -0.447. The van der Waals surface area contributed by atoms with Crippen LogP contribution >= 0.6 is 0 Å². The van der Waals surface area contributed by atoms with Crippen LogP contribution in [-0.4, -0.2) is 34.9 Å². The third kappa shape index (κ3) is 2.67. The van der Waals surface area contributed by atoms with Crippen molar-refractivity contribution in [2.45, 2.75) is 18.9 Å². The molecule has 3 rings (SSSR count). The van der Waals surface area contributed by atoms with Gasteiger partial charge in [-0.3, -0.25) is 14.3 Å². The molecule has 6 nitrogen and oxygen atoms in total. The van der Waals surface area contributed by atoms with Gasteiger partial charge in [-0.1, -0.05) is 12.1 Å². The second-order valence-electron chi connectivity index (χ2n) is 5.16. The van der Waals surface area contributed by atoms with Gasteiger partial charge in [-0.15, -0.1) is 0 Å². The van der Waals surface area contributed by atoms with Crippen molar-refractivity contribution in [1.82, 2.24) is 15.1 Å². The van der Waals surface area contributed by atoms with Crippen molar-refractivity contribution in [1.29, 1.82) is 0 Å². The van der Waals surface area contributed by atoms with Crippen molar-refractivity contribution in [3.63, 3.8) is 0 Å². The molecule has 21 heavy (non-hydrogen) atoms. The average Bonchev–Trinajstić information content (AvgIpc) is 3.02. The first-order valence-corrected chi connectivity index (χ1v) is 7.02. The first kappa shape index (κ1) is 13.8. The van der Waals surface area contributed by atoms with Crippen molar-refractivity contribution < 1.29 is 9.53 Å². The van der Waals surface area contributed by atoms with Gasteiger partial charge in [-0.25, -0.2) is 0 Å². The van der Waals surface area contributed by atoms with E-state index in [0.717, 1.165) is 19.4 Å². The lowest BCUT2D eigenvalue weighted by molar-refractivity contribution is 0.0851. The summed E-state index contributed by atoms with van der Waals surface area (Å²) in [5, 5.41) is 7.33. The van der Waals surface area contributed by atoms with E-state index in [4.69, 9.17) is 4.74 Å². The van der Waals surface area contributed by atoms with Gasteiger partial charge in [-0.2, -0.15) is 5.10 Å². The summed E-state index contributed by atoms with van der Waals surface area (Å²) in [5.41, 5.74) is 0.293. The van der Waals surface area contributed by atoms with E-state index in [1.807, 2.05) is 6.07 Å². The van der Waals surface area contributed by atoms with E-state index in [0.29, 0.717) is 17.4 Å². The minimum absolute atomic E-state index is 0.0401. The van der Waals surface area contributed by atoms with Crippen LogP contribution < -0.4 is 10.7 Å². The van der Waals surface area contributed by atoms with E-state index < -0.39 is 5.91 Å². The van der Waals surface area contributed by atoms with E-state index in [1.165, 1.54) is 0 Å². The highest BCUT2D eigenvalue weighted by Crippen LogP contribution is 2.11. The van der Waals surface area contributed by atoms with E-state index in [-0.39, 0.29) is 17.2 Å². The molecule has 1 aromatic heterocycles. The van der Waals surface area contributed by atoms with Gasteiger partial charge in [0.15, 0.2) is 5.69 Å². The molecule has 1 aromatic carbocycles. The predicted octanol–water partition coefficient (Wildman–Crippen LogP) is 0.842. The second kappa shape index (κ2) is 5.65. The SMILES string of the molecule is Cn1nc(C(=O)NCC2CCCO2)c(=O)c2ccccc21. The van der Waals surface area contributed by atoms with Crippen LogP contribution in [0.3, 0.4) is 0 Å². The monoisotopic (exact) mass is 287 g/mol. The maximum atomic E-state index is 12.4. The van der Waals surface area contributed by atoms with Gasteiger partial charge in [-0.05, 0) is 25.0 Å². The molecule has 6 heteroatoms. The van der Waals surface area contributed by atoms with Crippen LogP contribution in [0.2, 0.25) is 0 Å². The summed E-state index contributed by atoms with van der Waals surface area (Å²) in [6.45, 7) is 1.15. The fourth-order valence-corrected chi connectivity index (χ4v) is 2.57. The molecule has 1 aliphatic heterocycles. The normalized spacial score (nSPS) is 18.0. The molecule has 0 bridgehead atoms. The Morgan fingerprint density at radius 3 is 3.05 bits per heavy atom. The summed E-state index contributed by atoms with van der Waals surface area (Å²) in [4.78, 5) is 24.5. The van der Waals surface area contributed by atoms with Crippen molar-refractivity contribution in [2.75, 3.05) is 13.2 Å². The molecule has 1 saturated heterocycles. The number of carbonyl (C=O) groups excluding carboxylic acids is 1. The Kier molecular flexibility index (Phi) is 3.70. The van der Waals surface area contributed by atoms with Crippen LogP contribution in [-0.2, 0) is 11.8 Å². The number of amides is 1. The molecule has 2 aromatic rings. The maximum absolute atomic E-state index is 12.4. The average molecular weight is 287 g/mol. The molecule has 1 N–H and O–H groups in total.